The van der Waals surface area contributed by atoms with Crippen LogP contribution in [0, 0.1) is 29.1 Å². The van der Waals surface area contributed by atoms with Gasteiger partial charge in [-0.05, 0) is 0 Å². The normalized spacial score (nSPS) is 10.3. The van der Waals surface area contributed by atoms with Crippen molar-refractivity contribution in [2.24, 2.45) is 0 Å². The fraction of sp³-hybridized carbons (Fsp3) is 0. The molecule has 0 heterocycles. The van der Waals surface area contributed by atoms with Crippen molar-refractivity contribution in [3.63, 3.8) is 0 Å². The zero-order valence-electron chi connectivity index (χ0n) is 6.65. The van der Waals surface area contributed by atoms with Gasteiger partial charge in [-0.15, -0.1) is 0 Å². The van der Waals surface area contributed by atoms with E-state index in [1.165, 1.54) is 0 Å². The molecule has 0 amide bonds. The molecule has 1 aromatic rings. The van der Waals surface area contributed by atoms with Crippen molar-refractivity contribution in [2.75, 3.05) is 0 Å². The van der Waals surface area contributed by atoms with Gasteiger partial charge in [0.05, 0.1) is 0 Å². The molecule has 0 unspecified atom stereocenters. The molecular weight excluding hydrogens is 227 g/mol. The van der Waals surface area contributed by atoms with Gasteiger partial charge in [-0.25, -0.2) is 26.7 Å². The van der Waals surface area contributed by atoms with Gasteiger partial charge in [-0.2, -0.15) is 5.26 Å². The van der Waals surface area contributed by atoms with E-state index in [1.54, 1.807) is 0 Å². The Morgan fingerprint density at radius 3 is 1.53 bits per heavy atom. The Morgan fingerprint density at radius 2 is 1.20 bits per heavy atom. The second-order valence-corrected chi connectivity index (χ2v) is 2.32. The van der Waals surface area contributed by atoms with E-state index in [0.717, 1.165) is 0 Å². The second-order valence-electron chi connectivity index (χ2n) is 2.32. The molecule has 8 heteroatoms. The van der Waals surface area contributed by atoms with Crippen molar-refractivity contribution in [3.05, 3.63) is 34.6 Å². The van der Waals surface area contributed by atoms with Crippen LogP contribution in [0.5, 0.6) is 0 Å². The first-order chi connectivity index (χ1) is 6.91. The third kappa shape index (κ3) is 1.63. The lowest BCUT2D eigenvalue weighted by molar-refractivity contribution is -0.183. The topological polar surface area (TPSA) is 46.5 Å². The molecule has 0 saturated carbocycles. The Labute approximate surface area is 78.6 Å². The number of carbonyl (C=O) groups is 1. The largest absolute Gasteiger partial charge is 0.378 e. The first-order valence-electron chi connectivity index (χ1n) is 3.29. The maximum absolute atomic E-state index is 12.7. The van der Waals surface area contributed by atoms with Crippen molar-refractivity contribution in [3.8, 4) is 0 Å². The summed E-state index contributed by atoms with van der Waals surface area (Å²) < 4.78 is 62.7. The molecule has 1 N–H and O–H groups in total. The van der Waals surface area contributed by atoms with E-state index >= 15 is 0 Å². The number of benzene rings is 1. The maximum Gasteiger partial charge on any atom is 0.378 e. The minimum absolute atomic E-state index is 1.85. The minimum Gasteiger partial charge on any atom is -0.295 e. The van der Waals surface area contributed by atoms with E-state index in [4.69, 9.17) is 5.26 Å². The van der Waals surface area contributed by atoms with Crippen LogP contribution in [0.1, 0.15) is 10.4 Å². The Kier molecular flexibility index (Phi) is 2.89. The predicted octanol–water partition coefficient (Wildman–Crippen LogP) is 2.01. The third-order valence-corrected chi connectivity index (χ3v) is 1.50. The summed E-state index contributed by atoms with van der Waals surface area (Å²) in [6.45, 7) is 0. The number of halogens is 5. The molecule has 1 aromatic carbocycles. The minimum atomic E-state index is -2.40. The average Bonchev–Trinajstić information content (AvgIpc) is 2.23. The van der Waals surface area contributed by atoms with Gasteiger partial charge in [0.1, 0.15) is 5.56 Å². The zero-order chi connectivity index (χ0) is 11.7. The summed E-state index contributed by atoms with van der Waals surface area (Å²) in [7, 11) is 0. The summed E-state index contributed by atoms with van der Waals surface area (Å²) in [6.07, 6.45) is 0. The SMILES string of the molecule is O=C(OO)c1c(F)c(F)c(F)c(F)c1F. The summed E-state index contributed by atoms with van der Waals surface area (Å²) >= 11 is 0. The molecule has 0 atom stereocenters. The highest BCUT2D eigenvalue weighted by Crippen LogP contribution is 2.23. The van der Waals surface area contributed by atoms with Crippen LogP contribution in [0.25, 0.3) is 0 Å². The third-order valence-electron chi connectivity index (χ3n) is 1.50. The monoisotopic (exact) mass is 228 g/mol. The van der Waals surface area contributed by atoms with Crippen LogP contribution >= 0.6 is 0 Å². The van der Waals surface area contributed by atoms with E-state index in [9.17, 15) is 26.7 Å². The number of hydrogen-bond acceptors (Lipinski definition) is 3. The van der Waals surface area contributed by atoms with Gasteiger partial charge in [-0.1, -0.05) is 0 Å². The lowest BCUT2D eigenvalue weighted by Gasteiger charge is -2.04. The van der Waals surface area contributed by atoms with Gasteiger partial charge < -0.3 is 0 Å². The molecule has 0 radical (unpaired) electrons. The van der Waals surface area contributed by atoms with Crippen LogP contribution < -0.4 is 0 Å². The van der Waals surface area contributed by atoms with Crippen molar-refractivity contribution in [2.45, 2.75) is 0 Å². The highest BCUT2D eigenvalue weighted by atomic mass is 19.2. The molecule has 0 saturated heterocycles. The first kappa shape index (κ1) is 11.4. The molecule has 15 heavy (non-hydrogen) atoms. The molecule has 0 bridgehead atoms. The highest BCUT2D eigenvalue weighted by molar-refractivity contribution is 5.89. The number of hydrogen-bond donors (Lipinski definition) is 1. The summed E-state index contributed by atoms with van der Waals surface area (Å²) in [4.78, 5) is 13.3. The van der Waals surface area contributed by atoms with Crippen LogP contribution in [0.2, 0.25) is 0 Å². The summed E-state index contributed by atoms with van der Waals surface area (Å²) in [5, 5.41) is 7.77. The van der Waals surface area contributed by atoms with E-state index in [0.29, 0.717) is 0 Å². The summed E-state index contributed by atoms with van der Waals surface area (Å²) in [6, 6.07) is 0. The van der Waals surface area contributed by atoms with Gasteiger partial charge in [-0.3, -0.25) is 4.89 Å². The van der Waals surface area contributed by atoms with E-state index < -0.39 is 40.6 Å². The van der Waals surface area contributed by atoms with Gasteiger partial charge in [0, 0.05) is 0 Å². The molecule has 82 valence electrons. The smallest absolute Gasteiger partial charge is 0.295 e. The Balaban J connectivity index is 3.60. The predicted molar refractivity (Wildman–Crippen MR) is 34.3 cm³/mol. The Morgan fingerprint density at radius 1 is 0.867 bits per heavy atom. The van der Waals surface area contributed by atoms with Crippen molar-refractivity contribution in [1.82, 2.24) is 0 Å². The molecule has 0 aliphatic carbocycles. The van der Waals surface area contributed by atoms with Crippen LogP contribution in [0.4, 0.5) is 22.0 Å². The lowest BCUT2D eigenvalue weighted by Crippen LogP contribution is -2.13. The molecule has 0 aromatic heterocycles. The van der Waals surface area contributed by atoms with Crippen molar-refractivity contribution >= 4 is 5.97 Å². The van der Waals surface area contributed by atoms with Crippen LogP contribution in [-0.4, -0.2) is 11.2 Å². The Hall–Kier alpha value is -1.70. The highest BCUT2D eigenvalue weighted by Gasteiger charge is 2.30. The lowest BCUT2D eigenvalue weighted by atomic mass is 10.1. The molecular formula is C7HF5O3. The van der Waals surface area contributed by atoms with E-state index in [2.05, 4.69) is 4.89 Å². The first-order valence-corrected chi connectivity index (χ1v) is 3.29. The van der Waals surface area contributed by atoms with Crippen LogP contribution in [0.3, 0.4) is 0 Å². The van der Waals surface area contributed by atoms with Crippen LogP contribution in [-0.2, 0) is 4.89 Å². The van der Waals surface area contributed by atoms with Gasteiger partial charge in [0.15, 0.2) is 23.3 Å². The van der Waals surface area contributed by atoms with Crippen LogP contribution in [0.15, 0.2) is 0 Å². The average molecular weight is 228 g/mol. The number of carbonyl (C=O) groups excluding carboxylic acids is 1. The van der Waals surface area contributed by atoms with Gasteiger partial charge >= 0.3 is 5.97 Å². The Bertz CT molecular complexity index is 402. The standard InChI is InChI=1S/C7HF5O3/c8-2-1(7(13)15-14)3(9)5(11)6(12)4(2)10/h14H. The zero-order valence-corrected chi connectivity index (χ0v) is 6.65. The molecule has 3 nitrogen and oxygen atoms in total. The second kappa shape index (κ2) is 3.81. The summed E-state index contributed by atoms with van der Waals surface area (Å²) in [5.74, 6) is -13.8. The van der Waals surface area contributed by atoms with Crippen molar-refractivity contribution in [1.29, 1.82) is 0 Å². The fourth-order valence-corrected chi connectivity index (χ4v) is 0.830. The summed E-state index contributed by atoms with van der Waals surface area (Å²) in [5.41, 5.74) is -1.85. The van der Waals surface area contributed by atoms with Gasteiger partial charge in [0.2, 0.25) is 5.82 Å². The van der Waals surface area contributed by atoms with E-state index in [-0.39, 0.29) is 0 Å². The van der Waals surface area contributed by atoms with E-state index in [1.807, 2.05) is 0 Å². The molecule has 1 rings (SSSR count). The number of rotatable bonds is 1. The van der Waals surface area contributed by atoms with Gasteiger partial charge in [0.25, 0.3) is 0 Å². The quantitative estimate of drug-likeness (QED) is 0.263. The fourth-order valence-electron chi connectivity index (χ4n) is 0.830. The maximum atomic E-state index is 12.7. The molecule has 0 aliphatic heterocycles. The van der Waals surface area contributed by atoms with Crippen molar-refractivity contribution < 1.29 is 36.9 Å². The molecule has 0 aliphatic rings. The molecule has 0 spiro atoms. The molecule has 0 fully saturated rings.